The van der Waals surface area contributed by atoms with Crippen LogP contribution in [0.15, 0.2) is 223 Å². The quantitative estimate of drug-likeness (QED) is 0.161. The number of benzene rings is 9. The lowest BCUT2D eigenvalue weighted by Gasteiger charge is -2.11. The molecule has 0 aliphatic heterocycles. The molecule has 0 bridgehead atoms. The van der Waals surface area contributed by atoms with Gasteiger partial charge in [0, 0.05) is 50.0 Å². The zero-order valence-corrected chi connectivity index (χ0v) is 33.5. The van der Waals surface area contributed by atoms with Gasteiger partial charge in [0.25, 0.3) is 0 Å². The first kappa shape index (κ1) is 35.5. The van der Waals surface area contributed by atoms with Gasteiger partial charge in [-0.15, -0.1) is 0 Å². The fourth-order valence-electron chi connectivity index (χ4n) is 8.79. The van der Waals surface area contributed by atoms with Gasteiger partial charge < -0.3 is 8.98 Å². The van der Waals surface area contributed by atoms with E-state index < -0.39 is 0 Å². The van der Waals surface area contributed by atoms with E-state index in [-0.39, 0.29) is 0 Å². The zero-order valence-electron chi connectivity index (χ0n) is 33.5. The summed E-state index contributed by atoms with van der Waals surface area (Å²) >= 11 is 0. The molecule has 0 spiro atoms. The second-order valence-electron chi connectivity index (χ2n) is 15.6. The van der Waals surface area contributed by atoms with E-state index in [1.165, 1.54) is 22.1 Å². The molecule has 0 fully saturated rings. The average Bonchev–Trinajstić information content (AvgIpc) is 3.88. The number of fused-ring (bicyclic) bond motifs is 6. The zero-order chi connectivity index (χ0) is 41.0. The molecule has 0 unspecified atom stereocenters. The van der Waals surface area contributed by atoms with Gasteiger partial charge in [-0.3, -0.25) is 0 Å². The molecular weight excluding hydrogens is 757 g/mol. The fourth-order valence-corrected chi connectivity index (χ4v) is 8.79. The summed E-state index contributed by atoms with van der Waals surface area (Å²) in [6.07, 6.45) is 0. The van der Waals surface area contributed by atoms with Crippen molar-refractivity contribution in [1.29, 1.82) is 0 Å². The molecule has 0 saturated heterocycles. The first-order valence-corrected chi connectivity index (χ1v) is 20.8. The molecule has 0 saturated carbocycles. The summed E-state index contributed by atoms with van der Waals surface area (Å²) in [5, 5.41) is 4.38. The molecule has 9 aromatic carbocycles. The molecule has 0 atom stereocenters. The molecule has 0 amide bonds. The summed E-state index contributed by atoms with van der Waals surface area (Å²) in [6.45, 7) is 0. The smallest absolute Gasteiger partial charge is 0.164 e. The van der Waals surface area contributed by atoms with Crippen molar-refractivity contribution in [3.8, 4) is 73.2 Å². The van der Waals surface area contributed by atoms with Crippen molar-refractivity contribution in [2.24, 2.45) is 0 Å². The lowest BCUT2D eigenvalue weighted by atomic mass is 10.00. The van der Waals surface area contributed by atoms with Crippen LogP contribution in [0.2, 0.25) is 0 Å². The third-order valence-corrected chi connectivity index (χ3v) is 11.8. The van der Waals surface area contributed by atoms with E-state index in [2.05, 4.69) is 174 Å². The van der Waals surface area contributed by atoms with E-state index >= 15 is 0 Å². The largest absolute Gasteiger partial charge is 0.456 e. The van der Waals surface area contributed by atoms with Crippen molar-refractivity contribution >= 4 is 43.7 Å². The number of nitrogens with zero attached hydrogens (tertiary/aromatic N) is 4. The molecule has 62 heavy (non-hydrogen) atoms. The van der Waals surface area contributed by atoms with E-state index in [9.17, 15) is 0 Å². The van der Waals surface area contributed by atoms with Gasteiger partial charge in [-0.05, 0) is 81.9 Å². The van der Waals surface area contributed by atoms with Crippen LogP contribution >= 0.6 is 0 Å². The Bertz CT molecular complexity index is 3610. The molecule has 5 heteroatoms. The minimum Gasteiger partial charge on any atom is -0.456 e. The summed E-state index contributed by atoms with van der Waals surface area (Å²) in [7, 11) is 0. The van der Waals surface area contributed by atoms with Crippen LogP contribution < -0.4 is 0 Å². The van der Waals surface area contributed by atoms with E-state index in [4.69, 9.17) is 19.4 Å². The highest BCUT2D eigenvalue weighted by atomic mass is 16.3. The van der Waals surface area contributed by atoms with Gasteiger partial charge in [-0.1, -0.05) is 164 Å². The van der Waals surface area contributed by atoms with E-state index in [1.54, 1.807) is 0 Å². The number of hydrogen-bond acceptors (Lipinski definition) is 4. The van der Waals surface area contributed by atoms with Gasteiger partial charge in [0.1, 0.15) is 11.2 Å². The molecule has 0 aliphatic rings. The van der Waals surface area contributed by atoms with Crippen LogP contribution in [-0.2, 0) is 0 Å². The minimum atomic E-state index is 0.600. The second-order valence-corrected chi connectivity index (χ2v) is 15.6. The predicted molar refractivity (Wildman–Crippen MR) is 254 cm³/mol. The molecule has 3 heterocycles. The number of para-hydroxylation sites is 1. The highest BCUT2D eigenvalue weighted by molar-refractivity contribution is 6.17. The average molecular weight is 793 g/mol. The number of hydrogen-bond donors (Lipinski definition) is 0. The van der Waals surface area contributed by atoms with Crippen LogP contribution in [0.3, 0.4) is 0 Å². The SMILES string of the molecule is c1ccc(-c2ccc(-c3cccc(-n4c5ccccc5c5cc6c(cc54)oc4ccc(-c5nc(-c7ccccc7)nc(-c7cccc(-c8ccccc8)c7)n5)cc46)c3)cc2)cc1. The summed E-state index contributed by atoms with van der Waals surface area (Å²) in [5.74, 6) is 1.84. The van der Waals surface area contributed by atoms with Gasteiger partial charge >= 0.3 is 0 Å². The summed E-state index contributed by atoms with van der Waals surface area (Å²) < 4.78 is 9.01. The van der Waals surface area contributed by atoms with Crippen molar-refractivity contribution in [1.82, 2.24) is 19.5 Å². The van der Waals surface area contributed by atoms with Crippen LogP contribution in [0.5, 0.6) is 0 Å². The Kier molecular flexibility index (Phi) is 8.42. The van der Waals surface area contributed by atoms with E-state index in [0.717, 1.165) is 77.4 Å². The lowest BCUT2D eigenvalue weighted by molar-refractivity contribution is 0.669. The Labute approximate surface area is 357 Å². The third-order valence-electron chi connectivity index (χ3n) is 11.8. The third kappa shape index (κ3) is 6.23. The predicted octanol–water partition coefficient (Wildman–Crippen LogP) is 14.9. The second kappa shape index (κ2) is 14.7. The molecule has 290 valence electrons. The molecule has 5 nitrogen and oxygen atoms in total. The van der Waals surface area contributed by atoms with E-state index in [0.29, 0.717) is 17.5 Å². The molecule has 12 rings (SSSR count). The maximum absolute atomic E-state index is 6.65. The standard InChI is InChI=1S/C57H36N4O/c1-4-14-37(15-5-1)39-26-28-40(29-27-39)43-21-13-23-46(33-43)61-51-25-11-10-24-47(51)48-35-50-49-34-45(30-31-53(49)62-54(50)36-52(48)61)57-59-55(41-18-8-3-9-19-41)58-56(60-57)44-22-12-20-42(32-44)38-16-6-2-7-17-38/h1-36H. The van der Waals surface area contributed by atoms with Crippen molar-refractivity contribution in [3.63, 3.8) is 0 Å². The summed E-state index contributed by atoms with van der Waals surface area (Å²) in [6, 6.07) is 76.4. The monoisotopic (exact) mass is 792 g/mol. The van der Waals surface area contributed by atoms with Crippen molar-refractivity contribution < 1.29 is 4.42 Å². The maximum Gasteiger partial charge on any atom is 0.164 e. The summed E-state index contributed by atoms with van der Waals surface area (Å²) in [4.78, 5) is 15.2. The molecule has 0 aliphatic carbocycles. The number of furan rings is 1. The summed E-state index contributed by atoms with van der Waals surface area (Å²) in [5.41, 5.74) is 14.7. The first-order chi connectivity index (χ1) is 30.7. The molecular formula is C57H36N4O. The van der Waals surface area contributed by atoms with Gasteiger partial charge in [0.05, 0.1) is 11.0 Å². The maximum atomic E-state index is 6.65. The topological polar surface area (TPSA) is 56.7 Å². The van der Waals surface area contributed by atoms with Crippen LogP contribution in [-0.4, -0.2) is 19.5 Å². The molecule has 3 aromatic heterocycles. The van der Waals surface area contributed by atoms with Gasteiger partial charge in [-0.2, -0.15) is 0 Å². The first-order valence-electron chi connectivity index (χ1n) is 20.8. The number of aromatic nitrogens is 4. The molecule has 12 aromatic rings. The van der Waals surface area contributed by atoms with Crippen molar-refractivity contribution in [2.75, 3.05) is 0 Å². The van der Waals surface area contributed by atoms with Gasteiger partial charge in [0.2, 0.25) is 0 Å². The van der Waals surface area contributed by atoms with Crippen LogP contribution in [0, 0.1) is 0 Å². The Hall–Kier alpha value is -8.41. The lowest BCUT2D eigenvalue weighted by Crippen LogP contribution is -2.00. The minimum absolute atomic E-state index is 0.600. The van der Waals surface area contributed by atoms with Crippen LogP contribution in [0.4, 0.5) is 0 Å². The van der Waals surface area contributed by atoms with Gasteiger partial charge in [0.15, 0.2) is 17.5 Å². The van der Waals surface area contributed by atoms with Crippen molar-refractivity contribution in [3.05, 3.63) is 218 Å². The Balaban J connectivity index is 0.975. The highest BCUT2D eigenvalue weighted by Gasteiger charge is 2.19. The van der Waals surface area contributed by atoms with Crippen molar-refractivity contribution in [2.45, 2.75) is 0 Å². The Morgan fingerprint density at radius 2 is 0.758 bits per heavy atom. The number of rotatable bonds is 7. The normalized spacial score (nSPS) is 11.5. The molecule has 0 radical (unpaired) electrons. The fraction of sp³-hybridized carbons (Fsp3) is 0. The Morgan fingerprint density at radius 1 is 0.274 bits per heavy atom. The van der Waals surface area contributed by atoms with E-state index in [1.807, 2.05) is 48.5 Å². The highest BCUT2D eigenvalue weighted by Crippen LogP contribution is 2.40. The van der Waals surface area contributed by atoms with Gasteiger partial charge in [-0.25, -0.2) is 15.0 Å². The molecule has 0 N–H and O–H groups in total. The van der Waals surface area contributed by atoms with Crippen LogP contribution in [0.25, 0.3) is 117 Å². The van der Waals surface area contributed by atoms with Crippen LogP contribution in [0.1, 0.15) is 0 Å². The Morgan fingerprint density at radius 3 is 1.47 bits per heavy atom.